The van der Waals surface area contributed by atoms with Crippen molar-refractivity contribution in [3.05, 3.63) is 83.3 Å². The quantitative estimate of drug-likeness (QED) is 0.417. The van der Waals surface area contributed by atoms with Crippen molar-refractivity contribution in [1.29, 1.82) is 0 Å². The molecule has 0 bridgehead atoms. The predicted molar refractivity (Wildman–Crippen MR) is 129 cm³/mol. The van der Waals surface area contributed by atoms with Crippen molar-refractivity contribution >= 4 is 18.0 Å². The summed E-state index contributed by atoms with van der Waals surface area (Å²) in [5, 5.41) is 14.3. The number of rotatable bonds is 9. The standard InChI is InChI=1S/C27H28N2O6/c1-16(2)13-23(25(30)28-14-17-11-12-24(35-17)26(31)32)29-27(33)34-15-22-20-9-5-3-7-18(20)19-8-4-6-10-21(19)22/h3-12,16,22-23H,13-15H2,1-2H3,(H,28,30)(H,29,33)(H,31,32)/t23-/m1/s1. The number of hydrogen-bond donors (Lipinski definition) is 3. The van der Waals surface area contributed by atoms with E-state index in [2.05, 4.69) is 22.8 Å². The summed E-state index contributed by atoms with van der Waals surface area (Å²) in [5.41, 5.74) is 4.49. The van der Waals surface area contributed by atoms with Gasteiger partial charge in [0.15, 0.2) is 0 Å². The van der Waals surface area contributed by atoms with Crippen LogP contribution in [0, 0.1) is 5.92 Å². The number of aromatic carboxylic acids is 1. The van der Waals surface area contributed by atoms with E-state index in [4.69, 9.17) is 14.3 Å². The summed E-state index contributed by atoms with van der Waals surface area (Å²) in [6.07, 6.45) is -0.256. The lowest BCUT2D eigenvalue weighted by atomic mass is 9.98. The molecule has 1 atom stereocenters. The number of nitrogens with one attached hydrogen (secondary N) is 2. The monoisotopic (exact) mass is 476 g/mol. The van der Waals surface area contributed by atoms with Crippen LogP contribution in [-0.4, -0.2) is 35.7 Å². The normalized spacial score (nSPS) is 13.1. The molecular formula is C27H28N2O6. The van der Waals surface area contributed by atoms with Crippen LogP contribution in [-0.2, 0) is 16.1 Å². The van der Waals surface area contributed by atoms with E-state index in [9.17, 15) is 14.4 Å². The summed E-state index contributed by atoms with van der Waals surface area (Å²) in [6.45, 7) is 4.06. The lowest BCUT2D eigenvalue weighted by molar-refractivity contribution is -0.123. The highest BCUT2D eigenvalue weighted by molar-refractivity contribution is 5.86. The molecule has 0 saturated carbocycles. The van der Waals surface area contributed by atoms with E-state index in [0.717, 1.165) is 22.3 Å². The lowest BCUT2D eigenvalue weighted by Gasteiger charge is -2.21. The number of carboxylic acid groups (broad SMARTS) is 1. The van der Waals surface area contributed by atoms with Gasteiger partial charge in [0, 0.05) is 5.92 Å². The smallest absolute Gasteiger partial charge is 0.407 e. The molecule has 0 fully saturated rings. The number of alkyl carbamates (subject to hydrolysis) is 1. The number of carboxylic acids is 1. The van der Waals surface area contributed by atoms with E-state index in [1.165, 1.54) is 12.1 Å². The van der Waals surface area contributed by atoms with Gasteiger partial charge < -0.3 is 24.9 Å². The number of hydrogen-bond acceptors (Lipinski definition) is 5. The van der Waals surface area contributed by atoms with Crippen molar-refractivity contribution < 1.29 is 28.6 Å². The van der Waals surface area contributed by atoms with Crippen molar-refractivity contribution in [2.24, 2.45) is 5.92 Å². The van der Waals surface area contributed by atoms with Gasteiger partial charge in [0.2, 0.25) is 11.7 Å². The molecule has 8 nitrogen and oxygen atoms in total. The highest BCUT2D eigenvalue weighted by atomic mass is 16.5. The fourth-order valence-electron chi connectivity index (χ4n) is 4.37. The van der Waals surface area contributed by atoms with Gasteiger partial charge in [-0.1, -0.05) is 62.4 Å². The van der Waals surface area contributed by atoms with Gasteiger partial charge in [-0.3, -0.25) is 4.79 Å². The predicted octanol–water partition coefficient (Wildman–Crippen LogP) is 4.55. The Bertz CT molecular complexity index is 1190. The van der Waals surface area contributed by atoms with E-state index >= 15 is 0 Å². The van der Waals surface area contributed by atoms with E-state index in [0.29, 0.717) is 12.2 Å². The van der Waals surface area contributed by atoms with Gasteiger partial charge in [-0.15, -0.1) is 0 Å². The van der Waals surface area contributed by atoms with E-state index < -0.39 is 24.0 Å². The molecule has 35 heavy (non-hydrogen) atoms. The molecule has 2 aromatic carbocycles. The number of fused-ring (bicyclic) bond motifs is 3. The summed E-state index contributed by atoms with van der Waals surface area (Å²) in [6, 6.07) is 18.1. The van der Waals surface area contributed by atoms with E-state index in [-0.39, 0.29) is 30.7 Å². The maximum Gasteiger partial charge on any atom is 0.407 e. The Balaban J connectivity index is 1.37. The maximum atomic E-state index is 12.8. The molecule has 0 unspecified atom stereocenters. The van der Waals surface area contributed by atoms with E-state index in [1.54, 1.807) is 0 Å². The number of ether oxygens (including phenoxy) is 1. The first-order valence-corrected chi connectivity index (χ1v) is 11.5. The fourth-order valence-corrected chi connectivity index (χ4v) is 4.37. The van der Waals surface area contributed by atoms with Crippen LogP contribution in [0.4, 0.5) is 4.79 Å². The minimum atomic E-state index is -1.18. The van der Waals surface area contributed by atoms with Crippen LogP contribution < -0.4 is 10.6 Å². The fraction of sp³-hybridized carbons (Fsp3) is 0.296. The molecular weight excluding hydrogens is 448 g/mol. The van der Waals surface area contributed by atoms with Crippen LogP contribution in [0.15, 0.2) is 65.1 Å². The number of carbonyl (C=O) groups is 3. The summed E-state index contributed by atoms with van der Waals surface area (Å²) >= 11 is 0. The second-order valence-corrected chi connectivity index (χ2v) is 8.94. The first-order chi connectivity index (χ1) is 16.8. The van der Waals surface area contributed by atoms with Crippen LogP contribution in [0.25, 0.3) is 11.1 Å². The highest BCUT2D eigenvalue weighted by Gasteiger charge is 2.30. The number of carbonyl (C=O) groups excluding carboxylic acids is 2. The Morgan fingerprint density at radius 1 is 0.971 bits per heavy atom. The number of amides is 2. The molecule has 0 saturated heterocycles. The Hall–Kier alpha value is -4.07. The third-order valence-corrected chi connectivity index (χ3v) is 5.97. The number of furan rings is 1. The molecule has 8 heteroatoms. The Morgan fingerprint density at radius 3 is 2.17 bits per heavy atom. The van der Waals surface area contributed by atoms with E-state index in [1.807, 2.05) is 50.2 Å². The summed E-state index contributed by atoms with van der Waals surface area (Å²) in [7, 11) is 0. The van der Waals surface area contributed by atoms with Gasteiger partial charge in [0.25, 0.3) is 0 Å². The molecule has 1 aliphatic rings. The molecule has 1 heterocycles. The first kappa shape index (κ1) is 24.1. The molecule has 2 amide bonds. The Morgan fingerprint density at radius 2 is 1.60 bits per heavy atom. The molecule has 4 rings (SSSR count). The third kappa shape index (κ3) is 5.54. The van der Waals surface area contributed by atoms with Gasteiger partial charge >= 0.3 is 12.1 Å². The summed E-state index contributed by atoms with van der Waals surface area (Å²) < 4.78 is 10.7. The average Bonchev–Trinajstić information content (AvgIpc) is 3.44. The second-order valence-electron chi connectivity index (χ2n) is 8.94. The van der Waals surface area contributed by atoms with Crippen molar-refractivity contribution in [3.63, 3.8) is 0 Å². The minimum Gasteiger partial charge on any atom is -0.475 e. The molecule has 0 radical (unpaired) electrons. The molecule has 0 spiro atoms. The molecule has 3 aromatic rings. The van der Waals surface area contributed by atoms with Gasteiger partial charge in [0.05, 0.1) is 6.54 Å². The Kier molecular flexibility index (Phi) is 7.19. The zero-order valence-electron chi connectivity index (χ0n) is 19.6. The van der Waals surface area contributed by atoms with Gasteiger partial charge in [-0.2, -0.15) is 0 Å². The summed E-state index contributed by atoms with van der Waals surface area (Å²) in [5.74, 6) is -1.42. The van der Waals surface area contributed by atoms with Crippen molar-refractivity contribution in [2.45, 2.75) is 38.8 Å². The first-order valence-electron chi connectivity index (χ1n) is 11.5. The zero-order valence-corrected chi connectivity index (χ0v) is 19.6. The van der Waals surface area contributed by atoms with Crippen molar-refractivity contribution in [1.82, 2.24) is 10.6 Å². The number of benzene rings is 2. The third-order valence-electron chi connectivity index (χ3n) is 5.97. The molecule has 3 N–H and O–H groups in total. The molecule has 182 valence electrons. The van der Waals surface area contributed by atoms with Crippen LogP contribution in [0.1, 0.15) is 53.6 Å². The van der Waals surface area contributed by atoms with Gasteiger partial charge in [-0.05, 0) is 46.7 Å². The largest absolute Gasteiger partial charge is 0.475 e. The molecule has 1 aromatic heterocycles. The SMILES string of the molecule is CC(C)C[C@@H](NC(=O)OCC1c2ccccc2-c2ccccc21)C(=O)NCc1ccc(C(=O)O)o1. The van der Waals surface area contributed by atoms with Gasteiger partial charge in [0.1, 0.15) is 18.4 Å². The van der Waals surface area contributed by atoms with Crippen LogP contribution >= 0.6 is 0 Å². The van der Waals surface area contributed by atoms with Crippen LogP contribution in [0.2, 0.25) is 0 Å². The van der Waals surface area contributed by atoms with Crippen LogP contribution in [0.5, 0.6) is 0 Å². The Labute approximate surface area is 203 Å². The maximum absolute atomic E-state index is 12.8. The molecule has 0 aliphatic heterocycles. The van der Waals surface area contributed by atoms with Crippen LogP contribution in [0.3, 0.4) is 0 Å². The van der Waals surface area contributed by atoms with Crippen molar-refractivity contribution in [2.75, 3.05) is 6.61 Å². The highest BCUT2D eigenvalue weighted by Crippen LogP contribution is 2.44. The average molecular weight is 477 g/mol. The minimum absolute atomic E-state index is 0.00702. The summed E-state index contributed by atoms with van der Waals surface area (Å²) in [4.78, 5) is 36.4. The molecule has 1 aliphatic carbocycles. The lowest BCUT2D eigenvalue weighted by Crippen LogP contribution is -2.47. The van der Waals surface area contributed by atoms with Crippen molar-refractivity contribution in [3.8, 4) is 11.1 Å². The zero-order chi connectivity index (χ0) is 24.9. The second kappa shape index (κ2) is 10.5. The van der Waals surface area contributed by atoms with Gasteiger partial charge in [-0.25, -0.2) is 9.59 Å². The topological polar surface area (TPSA) is 118 Å².